The van der Waals surface area contributed by atoms with Gasteiger partial charge in [-0.15, -0.1) is 0 Å². The molecule has 1 aliphatic carbocycles. The van der Waals surface area contributed by atoms with Crippen molar-refractivity contribution >= 4 is 11.0 Å². The number of hydrogen-bond acceptors (Lipinski definition) is 2. The summed E-state index contributed by atoms with van der Waals surface area (Å²) in [6, 6.07) is 9.37. The molecule has 3 rings (SSSR count). The first kappa shape index (κ1) is 13.7. The van der Waals surface area contributed by atoms with Gasteiger partial charge in [-0.05, 0) is 32.3 Å². The third-order valence-electron chi connectivity index (χ3n) is 4.57. The molecule has 1 heterocycles. The summed E-state index contributed by atoms with van der Waals surface area (Å²) in [6.07, 6.45) is 7.79. The van der Waals surface area contributed by atoms with Gasteiger partial charge in [-0.2, -0.15) is 0 Å². The number of furan rings is 1. The molecule has 0 saturated heterocycles. The molecular weight excluding hydrogens is 246 g/mol. The fraction of sp³-hybridized carbons (Fsp3) is 0.556. The highest BCUT2D eigenvalue weighted by atomic mass is 16.3. The van der Waals surface area contributed by atoms with Gasteiger partial charge in [0.1, 0.15) is 11.3 Å². The molecule has 1 aromatic carbocycles. The van der Waals surface area contributed by atoms with Crippen LogP contribution in [0.5, 0.6) is 0 Å². The van der Waals surface area contributed by atoms with Crippen molar-refractivity contribution < 1.29 is 4.42 Å². The molecule has 1 atom stereocenters. The second kappa shape index (κ2) is 6.01. The molecule has 20 heavy (non-hydrogen) atoms. The van der Waals surface area contributed by atoms with Gasteiger partial charge < -0.3 is 9.73 Å². The molecule has 2 nitrogen and oxygen atoms in total. The Kier molecular flexibility index (Phi) is 4.11. The number of fused-ring (bicyclic) bond motifs is 1. The van der Waals surface area contributed by atoms with Crippen molar-refractivity contribution in [2.45, 2.75) is 64.5 Å². The molecule has 1 saturated carbocycles. The molecule has 0 bridgehead atoms. The zero-order chi connectivity index (χ0) is 13.9. The standard InChI is InChI=1S/C18H25NO/c1-3-15-16-11-7-8-12-17(16)20-18(15)13(2)19-14-9-5-4-6-10-14/h7-8,11-14,19H,3-6,9-10H2,1-2H3. The van der Waals surface area contributed by atoms with E-state index >= 15 is 0 Å². The molecule has 1 aliphatic rings. The van der Waals surface area contributed by atoms with Gasteiger partial charge in [-0.3, -0.25) is 0 Å². The Balaban J connectivity index is 1.84. The minimum absolute atomic E-state index is 0.306. The molecular formula is C18H25NO. The first-order chi connectivity index (χ1) is 9.79. The third-order valence-corrected chi connectivity index (χ3v) is 4.57. The Morgan fingerprint density at radius 1 is 1.20 bits per heavy atom. The SMILES string of the molecule is CCc1c(C(C)NC2CCCCC2)oc2ccccc12. The summed E-state index contributed by atoms with van der Waals surface area (Å²) in [5, 5.41) is 5.06. The number of hydrogen-bond donors (Lipinski definition) is 1. The fourth-order valence-electron chi connectivity index (χ4n) is 3.53. The van der Waals surface area contributed by atoms with Crippen molar-refractivity contribution in [2.75, 3.05) is 0 Å². The Bertz CT molecular complexity index is 566. The molecule has 0 aliphatic heterocycles. The average molecular weight is 271 g/mol. The van der Waals surface area contributed by atoms with Gasteiger partial charge in [-0.1, -0.05) is 44.4 Å². The highest BCUT2D eigenvalue weighted by molar-refractivity contribution is 5.82. The first-order valence-electron chi connectivity index (χ1n) is 8.06. The van der Waals surface area contributed by atoms with Crippen molar-refractivity contribution in [3.63, 3.8) is 0 Å². The molecule has 0 radical (unpaired) electrons. The number of aryl methyl sites for hydroxylation is 1. The van der Waals surface area contributed by atoms with Crippen molar-refractivity contribution in [2.24, 2.45) is 0 Å². The monoisotopic (exact) mass is 271 g/mol. The Labute approximate surface area is 121 Å². The van der Waals surface area contributed by atoms with Crippen LogP contribution in [0.25, 0.3) is 11.0 Å². The van der Waals surface area contributed by atoms with E-state index in [4.69, 9.17) is 4.42 Å². The van der Waals surface area contributed by atoms with Crippen LogP contribution in [0.4, 0.5) is 0 Å². The number of benzene rings is 1. The predicted molar refractivity (Wildman–Crippen MR) is 84.0 cm³/mol. The van der Waals surface area contributed by atoms with E-state index in [-0.39, 0.29) is 0 Å². The molecule has 1 fully saturated rings. The maximum atomic E-state index is 6.13. The fourth-order valence-corrected chi connectivity index (χ4v) is 3.53. The van der Waals surface area contributed by atoms with Crippen LogP contribution in [0.15, 0.2) is 28.7 Å². The van der Waals surface area contributed by atoms with Crippen LogP contribution in [0, 0.1) is 0 Å². The summed E-state index contributed by atoms with van der Waals surface area (Å²) in [4.78, 5) is 0. The van der Waals surface area contributed by atoms with Crippen LogP contribution in [0.2, 0.25) is 0 Å². The zero-order valence-electron chi connectivity index (χ0n) is 12.6. The lowest BCUT2D eigenvalue weighted by Gasteiger charge is -2.26. The van der Waals surface area contributed by atoms with E-state index in [9.17, 15) is 0 Å². The first-order valence-corrected chi connectivity index (χ1v) is 8.06. The van der Waals surface area contributed by atoms with Gasteiger partial charge in [0, 0.05) is 17.0 Å². The molecule has 108 valence electrons. The van der Waals surface area contributed by atoms with Gasteiger partial charge in [0.15, 0.2) is 0 Å². The zero-order valence-corrected chi connectivity index (χ0v) is 12.6. The summed E-state index contributed by atoms with van der Waals surface area (Å²) in [5.41, 5.74) is 2.40. The second-order valence-corrected chi connectivity index (χ2v) is 6.02. The molecule has 1 aromatic heterocycles. The molecule has 2 aromatic rings. The lowest BCUT2D eigenvalue weighted by atomic mass is 9.94. The van der Waals surface area contributed by atoms with E-state index in [2.05, 4.69) is 37.4 Å². The minimum atomic E-state index is 0.306. The number of rotatable bonds is 4. The second-order valence-electron chi connectivity index (χ2n) is 6.02. The largest absolute Gasteiger partial charge is 0.459 e. The van der Waals surface area contributed by atoms with E-state index in [1.807, 2.05) is 6.07 Å². The van der Waals surface area contributed by atoms with E-state index < -0.39 is 0 Å². The van der Waals surface area contributed by atoms with Gasteiger partial charge in [-0.25, -0.2) is 0 Å². The summed E-state index contributed by atoms with van der Waals surface area (Å²) in [5.74, 6) is 1.14. The normalized spacial score (nSPS) is 18.5. The van der Waals surface area contributed by atoms with Crippen LogP contribution in [-0.4, -0.2) is 6.04 Å². The maximum absolute atomic E-state index is 6.13. The maximum Gasteiger partial charge on any atom is 0.134 e. The molecule has 2 heteroatoms. The summed E-state index contributed by atoms with van der Waals surface area (Å²) in [6.45, 7) is 4.46. The van der Waals surface area contributed by atoms with Gasteiger partial charge in [0.25, 0.3) is 0 Å². The van der Waals surface area contributed by atoms with Gasteiger partial charge in [0.05, 0.1) is 6.04 Å². The van der Waals surface area contributed by atoms with Gasteiger partial charge in [0.2, 0.25) is 0 Å². The quantitative estimate of drug-likeness (QED) is 0.848. The highest BCUT2D eigenvalue weighted by Crippen LogP contribution is 2.31. The average Bonchev–Trinajstić information content (AvgIpc) is 2.87. The van der Waals surface area contributed by atoms with Crippen molar-refractivity contribution in [3.8, 4) is 0 Å². The van der Waals surface area contributed by atoms with E-state index in [0.717, 1.165) is 17.8 Å². The third kappa shape index (κ3) is 2.62. The summed E-state index contributed by atoms with van der Waals surface area (Å²) in [7, 11) is 0. The number of nitrogens with one attached hydrogen (secondary N) is 1. The van der Waals surface area contributed by atoms with Gasteiger partial charge >= 0.3 is 0 Å². The van der Waals surface area contributed by atoms with E-state index in [1.54, 1.807) is 0 Å². The van der Waals surface area contributed by atoms with Crippen LogP contribution in [-0.2, 0) is 6.42 Å². The molecule has 0 spiro atoms. The molecule has 1 N–H and O–H groups in total. The minimum Gasteiger partial charge on any atom is -0.459 e. The summed E-state index contributed by atoms with van der Waals surface area (Å²) >= 11 is 0. The van der Waals surface area contributed by atoms with E-state index in [0.29, 0.717) is 12.1 Å². The van der Waals surface area contributed by atoms with E-state index in [1.165, 1.54) is 43.1 Å². The Hall–Kier alpha value is -1.28. The van der Waals surface area contributed by atoms with Crippen molar-refractivity contribution in [1.29, 1.82) is 0 Å². The molecule has 0 amide bonds. The lowest BCUT2D eigenvalue weighted by molar-refractivity contribution is 0.326. The van der Waals surface area contributed by atoms with Crippen LogP contribution < -0.4 is 5.32 Å². The lowest BCUT2D eigenvalue weighted by Crippen LogP contribution is -2.33. The smallest absolute Gasteiger partial charge is 0.134 e. The van der Waals surface area contributed by atoms with Crippen molar-refractivity contribution in [1.82, 2.24) is 5.32 Å². The number of para-hydroxylation sites is 1. The topological polar surface area (TPSA) is 25.2 Å². The van der Waals surface area contributed by atoms with Crippen molar-refractivity contribution in [3.05, 3.63) is 35.6 Å². The summed E-state index contributed by atoms with van der Waals surface area (Å²) < 4.78 is 6.13. The predicted octanol–water partition coefficient (Wildman–Crippen LogP) is 4.98. The van der Waals surface area contributed by atoms with Crippen LogP contribution in [0.3, 0.4) is 0 Å². The van der Waals surface area contributed by atoms with Crippen LogP contribution in [0.1, 0.15) is 63.3 Å². The molecule has 1 unspecified atom stereocenters. The van der Waals surface area contributed by atoms with Crippen LogP contribution >= 0.6 is 0 Å². The Morgan fingerprint density at radius 3 is 2.70 bits per heavy atom. The Morgan fingerprint density at radius 2 is 1.95 bits per heavy atom. The highest BCUT2D eigenvalue weighted by Gasteiger charge is 2.21.